The molecular weight excluding hydrogens is 308 g/mol. The number of hydrogen-bond acceptors (Lipinski definition) is 4. The topological polar surface area (TPSA) is 84.5 Å². The summed E-state index contributed by atoms with van der Waals surface area (Å²) < 4.78 is 4.94. The smallest absolute Gasteiger partial charge is 0.338 e. The van der Waals surface area contributed by atoms with Gasteiger partial charge in [0.25, 0.3) is 5.91 Å². The number of esters is 1. The van der Waals surface area contributed by atoms with E-state index < -0.39 is 30.1 Å². The lowest BCUT2D eigenvalue weighted by Gasteiger charge is -2.20. The Morgan fingerprint density at radius 2 is 1.67 bits per heavy atom. The van der Waals surface area contributed by atoms with Crippen LogP contribution in [0.3, 0.4) is 0 Å². The van der Waals surface area contributed by atoms with E-state index in [1.54, 1.807) is 32.9 Å². The Labute approximate surface area is 140 Å². The molecule has 0 aliphatic heterocycles. The van der Waals surface area contributed by atoms with Crippen molar-refractivity contribution in [2.24, 2.45) is 0 Å². The number of ether oxygens (including phenoxy) is 1. The molecule has 0 bridgehead atoms. The molecular formula is C18H20N2O4. The van der Waals surface area contributed by atoms with Gasteiger partial charge in [-0.1, -0.05) is 30.3 Å². The number of benzene rings is 2. The van der Waals surface area contributed by atoms with Crippen LogP contribution in [0.5, 0.6) is 0 Å². The van der Waals surface area contributed by atoms with Gasteiger partial charge in [0, 0.05) is 5.54 Å². The highest BCUT2D eigenvalue weighted by molar-refractivity contribution is 5.98. The average molecular weight is 328 g/mol. The molecule has 0 unspecified atom stereocenters. The lowest BCUT2D eigenvalue weighted by atomic mass is 10.1. The van der Waals surface area contributed by atoms with Crippen molar-refractivity contribution in [2.75, 3.05) is 6.61 Å². The number of urea groups is 1. The van der Waals surface area contributed by atoms with Gasteiger partial charge in [0.15, 0.2) is 6.61 Å². The van der Waals surface area contributed by atoms with E-state index >= 15 is 0 Å². The SMILES string of the molecule is CC(C)(C)NC(=O)NC(=O)COC(=O)c1ccc2ccccc2c1. The molecule has 24 heavy (non-hydrogen) atoms. The van der Waals surface area contributed by atoms with Crippen molar-refractivity contribution in [2.45, 2.75) is 26.3 Å². The fraction of sp³-hybridized carbons (Fsp3) is 0.278. The maximum atomic E-state index is 12.0. The van der Waals surface area contributed by atoms with Crippen LogP contribution in [0.15, 0.2) is 42.5 Å². The van der Waals surface area contributed by atoms with Crippen molar-refractivity contribution in [1.29, 1.82) is 0 Å². The quantitative estimate of drug-likeness (QED) is 0.848. The molecule has 0 aromatic heterocycles. The number of nitrogens with one attached hydrogen (secondary N) is 2. The van der Waals surface area contributed by atoms with Crippen LogP contribution in [0, 0.1) is 0 Å². The number of hydrogen-bond donors (Lipinski definition) is 2. The monoisotopic (exact) mass is 328 g/mol. The van der Waals surface area contributed by atoms with Gasteiger partial charge in [0.2, 0.25) is 0 Å². The predicted octanol–water partition coefficient (Wildman–Crippen LogP) is 2.62. The van der Waals surface area contributed by atoms with E-state index in [9.17, 15) is 14.4 Å². The second-order valence-electron chi connectivity index (χ2n) is 6.39. The van der Waals surface area contributed by atoms with Gasteiger partial charge >= 0.3 is 12.0 Å². The van der Waals surface area contributed by atoms with E-state index in [1.807, 2.05) is 30.3 Å². The maximum Gasteiger partial charge on any atom is 0.338 e. The van der Waals surface area contributed by atoms with Crippen LogP contribution in [-0.4, -0.2) is 30.1 Å². The van der Waals surface area contributed by atoms with Crippen molar-refractivity contribution in [1.82, 2.24) is 10.6 Å². The summed E-state index contributed by atoms with van der Waals surface area (Å²) in [6, 6.07) is 12.1. The zero-order valence-electron chi connectivity index (χ0n) is 13.9. The molecule has 0 atom stereocenters. The van der Waals surface area contributed by atoms with Gasteiger partial charge in [-0.15, -0.1) is 0 Å². The first-order chi connectivity index (χ1) is 11.2. The lowest BCUT2D eigenvalue weighted by Crippen LogP contribution is -2.49. The Morgan fingerprint density at radius 1 is 1.00 bits per heavy atom. The molecule has 0 heterocycles. The van der Waals surface area contributed by atoms with Crippen LogP contribution in [0.4, 0.5) is 4.79 Å². The standard InChI is InChI=1S/C18H20N2O4/c1-18(2,3)20-17(23)19-15(21)11-24-16(22)14-9-8-12-6-4-5-7-13(12)10-14/h4-10H,11H2,1-3H3,(H2,19,20,21,23). The lowest BCUT2D eigenvalue weighted by molar-refractivity contribution is -0.123. The highest BCUT2D eigenvalue weighted by Gasteiger charge is 2.17. The van der Waals surface area contributed by atoms with Crippen LogP contribution < -0.4 is 10.6 Å². The van der Waals surface area contributed by atoms with Gasteiger partial charge in [-0.05, 0) is 43.7 Å². The summed E-state index contributed by atoms with van der Waals surface area (Å²) in [4.78, 5) is 35.2. The number of fused-ring (bicyclic) bond motifs is 1. The minimum atomic E-state index is -0.689. The fourth-order valence-electron chi connectivity index (χ4n) is 2.07. The van der Waals surface area contributed by atoms with E-state index in [1.165, 1.54) is 0 Å². The number of imide groups is 1. The molecule has 0 radical (unpaired) electrons. The van der Waals surface area contributed by atoms with Crippen LogP contribution in [0.2, 0.25) is 0 Å². The fourth-order valence-corrected chi connectivity index (χ4v) is 2.07. The molecule has 2 rings (SSSR count). The predicted molar refractivity (Wildman–Crippen MR) is 90.7 cm³/mol. The maximum absolute atomic E-state index is 12.0. The van der Waals surface area contributed by atoms with Crippen LogP contribution in [0.25, 0.3) is 10.8 Å². The highest BCUT2D eigenvalue weighted by atomic mass is 16.5. The van der Waals surface area contributed by atoms with Gasteiger partial charge < -0.3 is 10.1 Å². The van der Waals surface area contributed by atoms with Crippen LogP contribution >= 0.6 is 0 Å². The molecule has 0 spiro atoms. The van der Waals surface area contributed by atoms with Crippen molar-refractivity contribution < 1.29 is 19.1 Å². The largest absolute Gasteiger partial charge is 0.452 e. The molecule has 6 nitrogen and oxygen atoms in total. The van der Waals surface area contributed by atoms with Crippen LogP contribution in [-0.2, 0) is 9.53 Å². The number of carbonyl (C=O) groups is 3. The molecule has 2 aromatic carbocycles. The first-order valence-corrected chi connectivity index (χ1v) is 7.52. The highest BCUT2D eigenvalue weighted by Crippen LogP contribution is 2.16. The minimum absolute atomic E-state index is 0.348. The third-order valence-corrected chi connectivity index (χ3v) is 3.06. The Kier molecular flexibility index (Phi) is 5.18. The van der Waals surface area contributed by atoms with Crippen molar-refractivity contribution in [3.63, 3.8) is 0 Å². The van der Waals surface area contributed by atoms with Gasteiger partial charge in [-0.3, -0.25) is 10.1 Å². The first kappa shape index (κ1) is 17.5. The van der Waals surface area contributed by atoms with E-state index in [0.29, 0.717) is 5.56 Å². The third kappa shape index (κ3) is 5.08. The molecule has 2 N–H and O–H groups in total. The Balaban J connectivity index is 1.89. The first-order valence-electron chi connectivity index (χ1n) is 7.52. The summed E-state index contributed by atoms with van der Waals surface area (Å²) in [7, 11) is 0. The van der Waals surface area contributed by atoms with E-state index in [4.69, 9.17) is 4.74 Å². The van der Waals surface area contributed by atoms with E-state index in [2.05, 4.69) is 10.6 Å². The third-order valence-electron chi connectivity index (χ3n) is 3.06. The Hall–Kier alpha value is -2.89. The molecule has 0 saturated heterocycles. The summed E-state index contributed by atoms with van der Waals surface area (Å²) in [5.74, 6) is -1.31. The zero-order chi connectivity index (χ0) is 17.7. The average Bonchev–Trinajstić information content (AvgIpc) is 2.50. The molecule has 3 amide bonds. The summed E-state index contributed by atoms with van der Waals surface area (Å²) in [6.45, 7) is 4.84. The second-order valence-corrected chi connectivity index (χ2v) is 6.39. The zero-order valence-corrected chi connectivity index (χ0v) is 13.9. The number of amides is 3. The molecule has 6 heteroatoms. The van der Waals surface area contributed by atoms with E-state index in [-0.39, 0.29) is 0 Å². The number of rotatable bonds is 3. The van der Waals surface area contributed by atoms with Crippen molar-refractivity contribution in [3.05, 3.63) is 48.0 Å². The Morgan fingerprint density at radius 3 is 2.33 bits per heavy atom. The Bertz CT molecular complexity index is 778. The molecule has 2 aromatic rings. The second kappa shape index (κ2) is 7.12. The molecule has 126 valence electrons. The summed E-state index contributed by atoms with van der Waals surface area (Å²) >= 11 is 0. The minimum Gasteiger partial charge on any atom is -0.452 e. The van der Waals surface area contributed by atoms with Crippen molar-refractivity contribution in [3.8, 4) is 0 Å². The van der Waals surface area contributed by atoms with Gasteiger partial charge in [-0.2, -0.15) is 0 Å². The van der Waals surface area contributed by atoms with E-state index in [0.717, 1.165) is 10.8 Å². The summed E-state index contributed by atoms with van der Waals surface area (Å²) in [5.41, 5.74) is -0.118. The van der Waals surface area contributed by atoms with Crippen molar-refractivity contribution >= 4 is 28.7 Å². The molecule has 0 aliphatic carbocycles. The van der Waals surface area contributed by atoms with Gasteiger partial charge in [0.1, 0.15) is 0 Å². The molecule has 0 fully saturated rings. The van der Waals surface area contributed by atoms with Gasteiger partial charge in [-0.25, -0.2) is 9.59 Å². The summed E-state index contributed by atoms with van der Waals surface area (Å²) in [5, 5.41) is 6.59. The molecule has 0 saturated carbocycles. The number of carbonyl (C=O) groups excluding carboxylic acids is 3. The van der Waals surface area contributed by atoms with Gasteiger partial charge in [0.05, 0.1) is 5.56 Å². The molecule has 0 aliphatic rings. The summed E-state index contributed by atoms with van der Waals surface area (Å²) in [6.07, 6.45) is 0. The van der Waals surface area contributed by atoms with Crippen LogP contribution in [0.1, 0.15) is 31.1 Å². The normalized spacial score (nSPS) is 11.0.